The van der Waals surface area contributed by atoms with Crippen molar-refractivity contribution >= 4 is 28.6 Å². The molecule has 0 aromatic heterocycles. The standard InChI is InChI=1S/C6H9N3O2S/c1-6(5(8)11)2-12-4(9-6)3(7)10/h2H2,1H3,(H2,7,10)(H2,8,11). The first-order valence-corrected chi connectivity index (χ1v) is 4.26. The van der Waals surface area contributed by atoms with Gasteiger partial charge in [-0.25, -0.2) is 0 Å². The van der Waals surface area contributed by atoms with Crippen molar-refractivity contribution in [2.45, 2.75) is 12.5 Å². The average molecular weight is 187 g/mol. The third kappa shape index (κ3) is 1.42. The summed E-state index contributed by atoms with van der Waals surface area (Å²) in [4.78, 5) is 25.3. The van der Waals surface area contributed by atoms with Crippen LogP contribution in [0.4, 0.5) is 0 Å². The van der Waals surface area contributed by atoms with Gasteiger partial charge in [0.05, 0.1) is 0 Å². The van der Waals surface area contributed by atoms with Crippen LogP contribution in [0.15, 0.2) is 4.99 Å². The number of hydrogen-bond donors (Lipinski definition) is 2. The average Bonchev–Trinajstić information content (AvgIpc) is 2.33. The molecular weight excluding hydrogens is 178 g/mol. The van der Waals surface area contributed by atoms with Crippen molar-refractivity contribution < 1.29 is 9.59 Å². The molecule has 0 saturated heterocycles. The molecule has 0 bridgehead atoms. The zero-order chi connectivity index (χ0) is 9.35. The number of nitrogens with zero attached hydrogens (tertiary/aromatic N) is 1. The molecule has 1 rings (SSSR count). The van der Waals surface area contributed by atoms with Crippen LogP contribution in [0.5, 0.6) is 0 Å². The highest BCUT2D eigenvalue weighted by Crippen LogP contribution is 2.26. The number of carbonyl (C=O) groups excluding carboxylic acids is 2. The second-order valence-corrected chi connectivity index (χ2v) is 3.67. The summed E-state index contributed by atoms with van der Waals surface area (Å²) in [5, 5.41) is 0.177. The first-order chi connectivity index (χ1) is 5.46. The number of thioether (sulfide) groups is 1. The van der Waals surface area contributed by atoms with Crippen LogP contribution in [-0.2, 0) is 9.59 Å². The van der Waals surface area contributed by atoms with Gasteiger partial charge in [-0.15, -0.1) is 0 Å². The highest BCUT2D eigenvalue weighted by Gasteiger charge is 2.37. The van der Waals surface area contributed by atoms with Crippen LogP contribution in [-0.4, -0.2) is 28.1 Å². The Kier molecular flexibility index (Phi) is 2.10. The molecule has 1 heterocycles. The monoisotopic (exact) mass is 187 g/mol. The largest absolute Gasteiger partial charge is 0.368 e. The third-order valence-electron chi connectivity index (χ3n) is 1.58. The normalized spacial score (nSPS) is 28.2. The van der Waals surface area contributed by atoms with Crippen LogP contribution in [0, 0.1) is 0 Å². The summed E-state index contributed by atoms with van der Waals surface area (Å²) in [7, 11) is 0. The summed E-state index contributed by atoms with van der Waals surface area (Å²) in [5.41, 5.74) is 9.10. The first-order valence-electron chi connectivity index (χ1n) is 3.28. The van der Waals surface area contributed by atoms with Crippen molar-refractivity contribution in [3.63, 3.8) is 0 Å². The highest BCUT2D eigenvalue weighted by molar-refractivity contribution is 8.16. The van der Waals surface area contributed by atoms with E-state index in [0.29, 0.717) is 5.75 Å². The fourth-order valence-corrected chi connectivity index (χ4v) is 1.78. The molecule has 1 aliphatic rings. The Bertz CT molecular complexity index is 276. The zero-order valence-corrected chi connectivity index (χ0v) is 7.35. The van der Waals surface area contributed by atoms with Crippen molar-refractivity contribution in [3.8, 4) is 0 Å². The molecule has 66 valence electrons. The predicted molar refractivity (Wildman–Crippen MR) is 46.7 cm³/mol. The fraction of sp³-hybridized carbons (Fsp3) is 0.500. The number of carbonyl (C=O) groups is 2. The minimum atomic E-state index is -0.963. The maximum absolute atomic E-state index is 10.8. The van der Waals surface area contributed by atoms with E-state index in [1.54, 1.807) is 6.92 Å². The van der Waals surface area contributed by atoms with Crippen molar-refractivity contribution in [2.75, 3.05) is 5.75 Å². The summed E-state index contributed by atoms with van der Waals surface area (Å²) in [6, 6.07) is 0. The Hall–Kier alpha value is -1.04. The third-order valence-corrected chi connectivity index (χ3v) is 2.85. The number of hydrogen-bond acceptors (Lipinski definition) is 4. The molecule has 1 aliphatic heterocycles. The number of rotatable bonds is 2. The van der Waals surface area contributed by atoms with Gasteiger partial charge in [-0.05, 0) is 6.92 Å². The van der Waals surface area contributed by atoms with Crippen LogP contribution in [0.3, 0.4) is 0 Å². The Labute approximate surface area is 73.6 Å². The summed E-state index contributed by atoms with van der Waals surface area (Å²) >= 11 is 1.16. The minimum Gasteiger partial charge on any atom is -0.368 e. The van der Waals surface area contributed by atoms with E-state index >= 15 is 0 Å². The molecular formula is C6H9N3O2S. The summed E-state index contributed by atoms with van der Waals surface area (Å²) in [6.45, 7) is 1.58. The lowest BCUT2D eigenvalue weighted by Crippen LogP contribution is -2.39. The van der Waals surface area contributed by atoms with Gasteiger partial charge in [-0.3, -0.25) is 14.6 Å². The Morgan fingerprint density at radius 2 is 2.17 bits per heavy atom. The van der Waals surface area contributed by atoms with Crippen molar-refractivity contribution in [1.82, 2.24) is 0 Å². The smallest absolute Gasteiger partial charge is 0.273 e. The SMILES string of the molecule is CC1(C(N)=O)CSC(C(N)=O)=N1. The molecule has 0 aliphatic carbocycles. The molecule has 4 N–H and O–H groups in total. The van der Waals surface area contributed by atoms with Gasteiger partial charge in [0.2, 0.25) is 5.91 Å². The second kappa shape index (κ2) is 2.78. The van der Waals surface area contributed by atoms with E-state index in [0.717, 1.165) is 11.8 Å². The zero-order valence-electron chi connectivity index (χ0n) is 6.53. The lowest BCUT2D eigenvalue weighted by atomic mass is 10.1. The molecule has 1 unspecified atom stereocenters. The second-order valence-electron chi connectivity index (χ2n) is 2.71. The van der Waals surface area contributed by atoms with E-state index in [4.69, 9.17) is 11.5 Å². The number of primary amides is 2. The lowest BCUT2D eigenvalue weighted by Gasteiger charge is -2.12. The van der Waals surface area contributed by atoms with Gasteiger partial charge in [0, 0.05) is 5.75 Å². The van der Waals surface area contributed by atoms with E-state index in [2.05, 4.69) is 4.99 Å². The molecule has 5 nitrogen and oxygen atoms in total. The van der Waals surface area contributed by atoms with Gasteiger partial charge >= 0.3 is 0 Å². The summed E-state index contributed by atoms with van der Waals surface area (Å²) < 4.78 is 0. The van der Waals surface area contributed by atoms with Gasteiger partial charge in [-0.2, -0.15) is 0 Å². The van der Waals surface area contributed by atoms with E-state index < -0.39 is 17.4 Å². The lowest BCUT2D eigenvalue weighted by molar-refractivity contribution is -0.121. The highest BCUT2D eigenvalue weighted by atomic mass is 32.2. The Balaban J connectivity index is 2.89. The van der Waals surface area contributed by atoms with Gasteiger partial charge in [0.25, 0.3) is 5.91 Å². The number of nitrogens with two attached hydrogens (primary N) is 2. The first kappa shape index (κ1) is 9.05. The van der Waals surface area contributed by atoms with Crippen LogP contribution in [0.25, 0.3) is 0 Å². The number of amides is 2. The molecule has 0 saturated carbocycles. The van der Waals surface area contributed by atoms with Crippen LogP contribution >= 0.6 is 11.8 Å². The van der Waals surface area contributed by atoms with Gasteiger partial charge in [0.15, 0.2) is 5.04 Å². The van der Waals surface area contributed by atoms with Crippen LogP contribution in [0.1, 0.15) is 6.92 Å². The Morgan fingerprint density at radius 1 is 1.58 bits per heavy atom. The fourth-order valence-electron chi connectivity index (χ4n) is 0.750. The van der Waals surface area contributed by atoms with E-state index in [9.17, 15) is 9.59 Å². The van der Waals surface area contributed by atoms with Crippen LogP contribution in [0.2, 0.25) is 0 Å². The van der Waals surface area contributed by atoms with Crippen molar-refractivity contribution in [2.24, 2.45) is 16.5 Å². The molecule has 12 heavy (non-hydrogen) atoms. The predicted octanol–water partition coefficient (Wildman–Crippen LogP) is -1.14. The summed E-state index contributed by atoms with van der Waals surface area (Å²) in [6.07, 6.45) is 0. The molecule has 0 spiro atoms. The maximum Gasteiger partial charge on any atom is 0.273 e. The van der Waals surface area contributed by atoms with Crippen molar-refractivity contribution in [1.29, 1.82) is 0 Å². The molecule has 0 fully saturated rings. The van der Waals surface area contributed by atoms with Gasteiger partial charge in [0.1, 0.15) is 5.54 Å². The van der Waals surface area contributed by atoms with Crippen molar-refractivity contribution in [3.05, 3.63) is 0 Å². The van der Waals surface area contributed by atoms with Crippen LogP contribution < -0.4 is 11.5 Å². The van der Waals surface area contributed by atoms with Gasteiger partial charge in [-0.1, -0.05) is 11.8 Å². The topological polar surface area (TPSA) is 98.5 Å². The molecule has 6 heteroatoms. The molecule has 2 amide bonds. The molecule has 1 atom stereocenters. The Morgan fingerprint density at radius 3 is 2.42 bits per heavy atom. The molecule has 0 radical (unpaired) electrons. The molecule has 0 aromatic rings. The van der Waals surface area contributed by atoms with E-state index in [1.807, 2.05) is 0 Å². The van der Waals surface area contributed by atoms with E-state index in [1.165, 1.54) is 0 Å². The molecule has 0 aromatic carbocycles. The summed E-state index contributed by atoms with van der Waals surface area (Å²) in [5.74, 6) is -0.753. The number of aliphatic imine (C=N–C) groups is 1. The maximum atomic E-state index is 10.8. The van der Waals surface area contributed by atoms with E-state index in [-0.39, 0.29) is 5.04 Å². The minimum absolute atomic E-state index is 0.177. The van der Waals surface area contributed by atoms with Gasteiger partial charge < -0.3 is 11.5 Å². The quantitative estimate of drug-likeness (QED) is 0.571.